The molecule has 1 aliphatic heterocycles. The lowest BCUT2D eigenvalue weighted by Gasteiger charge is -2.19. The molecule has 5 heteroatoms. The van der Waals surface area contributed by atoms with Crippen molar-refractivity contribution in [3.8, 4) is 0 Å². The van der Waals surface area contributed by atoms with Crippen LogP contribution in [-0.2, 0) is 18.9 Å². The van der Waals surface area contributed by atoms with Crippen LogP contribution in [-0.4, -0.2) is 60.1 Å². The summed E-state index contributed by atoms with van der Waals surface area (Å²) in [6.07, 6.45) is 0.104. The first-order valence-corrected chi connectivity index (χ1v) is 4.54. The zero-order valence-electron chi connectivity index (χ0n) is 8.49. The fourth-order valence-corrected chi connectivity index (χ4v) is 1.45. The summed E-state index contributed by atoms with van der Waals surface area (Å²) < 4.78 is 21.1. The molecule has 0 N–H and O–H groups in total. The van der Waals surface area contributed by atoms with Gasteiger partial charge in [-0.2, -0.15) is 0 Å². The second-order valence-corrected chi connectivity index (χ2v) is 3.14. The number of ether oxygens (including phenoxy) is 4. The van der Waals surface area contributed by atoms with Gasteiger partial charge in [0.05, 0.1) is 25.8 Å². The van der Waals surface area contributed by atoms with Gasteiger partial charge in [0, 0.05) is 14.2 Å². The summed E-state index contributed by atoms with van der Waals surface area (Å²) in [5, 5.41) is 0. The van der Waals surface area contributed by atoms with Crippen molar-refractivity contribution in [3.05, 3.63) is 0 Å². The highest BCUT2D eigenvalue weighted by molar-refractivity contribution is 6.11. The molecule has 13 heavy (non-hydrogen) atoms. The molecule has 1 rings (SSSR count). The van der Waals surface area contributed by atoms with E-state index in [2.05, 4.69) is 0 Å². The van der Waals surface area contributed by atoms with Crippen molar-refractivity contribution >= 4 is 7.85 Å². The van der Waals surface area contributed by atoms with Crippen LogP contribution in [0.5, 0.6) is 0 Å². The van der Waals surface area contributed by atoms with Crippen molar-refractivity contribution in [2.24, 2.45) is 0 Å². The van der Waals surface area contributed by atoms with Crippen LogP contribution in [0.2, 0.25) is 0 Å². The summed E-state index contributed by atoms with van der Waals surface area (Å²) in [6, 6.07) is 0.113. The maximum absolute atomic E-state index is 5.58. The molecule has 0 spiro atoms. The third-order valence-corrected chi connectivity index (χ3v) is 2.25. The number of methoxy groups -OCH3 is 2. The number of rotatable bonds is 5. The first-order valence-electron chi connectivity index (χ1n) is 4.54. The molecular formula is C8H17BO4. The Labute approximate surface area is 79.9 Å². The van der Waals surface area contributed by atoms with Crippen LogP contribution in [0.1, 0.15) is 0 Å². The van der Waals surface area contributed by atoms with Crippen molar-refractivity contribution in [2.45, 2.75) is 18.2 Å². The molecule has 1 fully saturated rings. The van der Waals surface area contributed by atoms with E-state index in [1.54, 1.807) is 14.2 Å². The molecule has 1 unspecified atom stereocenters. The van der Waals surface area contributed by atoms with Crippen LogP contribution in [0.15, 0.2) is 0 Å². The second-order valence-electron chi connectivity index (χ2n) is 3.14. The van der Waals surface area contributed by atoms with E-state index in [-0.39, 0.29) is 18.2 Å². The summed E-state index contributed by atoms with van der Waals surface area (Å²) in [5.41, 5.74) is 0. The van der Waals surface area contributed by atoms with E-state index < -0.39 is 0 Å². The van der Waals surface area contributed by atoms with Crippen LogP contribution in [0.25, 0.3) is 0 Å². The zero-order valence-corrected chi connectivity index (χ0v) is 8.49. The summed E-state index contributed by atoms with van der Waals surface area (Å²) in [6.45, 7) is 1.82. The second kappa shape index (κ2) is 5.60. The number of hydrogen-bond acceptors (Lipinski definition) is 4. The van der Waals surface area contributed by atoms with Crippen molar-refractivity contribution in [1.29, 1.82) is 0 Å². The maximum Gasteiger partial charge on any atom is 0.142 e. The van der Waals surface area contributed by atoms with Gasteiger partial charge >= 0.3 is 0 Å². The molecule has 0 aromatic carbocycles. The van der Waals surface area contributed by atoms with Crippen LogP contribution in [0, 0.1) is 0 Å². The average molecular weight is 188 g/mol. The minimum absolute atomic E-state index is 0.0418. The monoisotopic (exact) mass is 188 g/mol. The first kappa shape index (κ1) is 11.0. The van der Waals surface area contributed by atoms with Gasteiger partial charge in [-0.15, -0.1) is 0 Å². The molecule has 3 atom stereocenters. The van der Waals surface area contributed by atoms with Crippen LogP contribution in [0.3, 0.4) is 0 Å². The molecule has 0 aromatic rings. The Hall–Kier alpha value is -0.0951. The molecule has 0 aliphatic carbocycles. The van der Waals surface area contributed by atoms with Crippen LogP contribution >= 0.6 is 0 Å². The van der Waals surface area contributed by atoms with E-state index >= 15 is 0 Å². The molecule has 0 radical (unpaired) electrons. The topological polar surface area (TPSA) is 36.9 Å². The summed E-state index contributed by atoms with van der Waals surface area (Å²) in [4.78, 5) is 0. The standard InChI is InChI=1S/C8H17BO4/c1-10-3-4-12-7-6(11-2)5-13-8(7)9/h6-8H,3-5,9H2,1-2H3/t6?,7-,8+/m0/s1. The zero-order chi connectivity index (χ0) is 9.68. The fraction of sp³-hybridized carbons (Fsp3) is 1.00. The van der Waals surface area contributed by atoms with Gasteiger partial charge < -0.3 is 18.9 Å². The minimum Gasteiger partial charge on any atom is -0.382 e. The van der Waals surface area contributed by atoms with Crippen molar-refractivity contribution in [2.75, 3.05) is 34.0 Å². The Morgan fingerprint density at radius 1 is 1.38 bits per heavy atom. The number of hydrogen-bond donors (Lipinski definition) is 0. The van der Waals surface area contributed by atoms with Gasteiger partial charge in [0.15, 0.2) is 0 Å². The molecular weight excluding hydrogens is 171 g/mol. The first-order chi connectivity index (χ1) is 6.29. The summed E-state index contributed by atoms with van der Waals surface area (Å²) in [7, 11) is 5.33. The Morgan fingerprint density at radius 3 is 2.77 bits per heavy atom. The lowest BCUT2D eigenvalue weighted by Crippen LogP contribution is -2.35. The van der Waals surface area contributed by atoms with E-state index in [1.165, 1.54) is 0 Å². The summed E-state index contributed by atoms with van der Waals surface area (Å²) >= 11 is 0. The molecule has 0 aromatic heterocycles. The van der Waals surface area contributed by atoms with Gasteiger partial charge in [0.25, 0.3) is 0 Å². The molecule has 0 amide bonds. The van der Waals surface area contributed by atoms with E-state index in [9.17, 15) is 0 Å². The normalized spacial score (nSPS) is 33.8. The van der Waals surface area contributed by atoms with Gasteiger partial charge in [-0.05, 0) is 0 Å². The molecule has 0 saturated carbocycles. The van der Waals surface area contributed by atoms with Crippen molar-refractivity contribution in [3.63, 3.8) is 0 Å². The van der Waals surface area contributed by atoms with Gasteiger partial charge in [-0.25, -0.2) is 0 Å². The Morgan fingerprint density at radius 2 is 2.15 bits per heavy atom. The molecule has 0 bridgehead atoms. The maximum atomic E-state index is 5.58. The van der Waals surface area contributed by atoms with Crippen molar-refractivity contribution in [1.82, 2.24) is 0 Å². The van der Waals surface area contributed by atoms with Gasteiger partial charge in [-0.3, -0.25) is 0 Å². The largest absolute Gasteiger partial charge is 0.382 e. The third-order valence-electron chi connectivity index (χ3n) is 2.25. The molecule has 1 saturated heterocycles. The SMILES string of the molecule is B[C@@H]1OCC(OC)[C@@H]1OCCOC. The highest BCUT2D eigenvalue weighted by Crippen LogP contribution is 2.17. The average Bonchev–Trinajstić information content (AvgIpc) is 2.48. The molecule has 76 valence electrons. The van der Waals surface area contributed by atoms with Gasteiger partial charge in [0.1, 0.15) is 20.1 Å². The quantitative estimate of drug-likeness (QED) is 0.410. The smallest absolute Gasteiger partial charge is 0.142 e. The van der Waals surface area contributed by atoms with E-state index in [1.807, 2.05) is 7.85 Å². The van der Waals surface area contributed by atoms with E-state index in [4.69, 9.17) is 18.9 Å². The van der Waals surface area contributed by atoms with E-state index in [0.29, 0.717) is 19.8 Å². The highest BCUT2D eigenvalue weighted by atomic mass is 16.6. The molecule has 1 aliphatic rings. The highest BCUT2D eigenvalue weighted by Gasteiger charge is 2.34. The Kier molecular flexibility index (Phi) is 4.73. The fourth-order valence-electron chi connectivity index (χ4n) is 1.45. The van der Waals surface area contributed by atoms with E-state index in [0.717, 1.165) is 0 Å². The van der Waals surface area contributed by atoms with Gasteiger partial charge in [0.2, 0.25) is 0 Å². The molecule has 4 nitrogen and oxygen atoms in total. The predicted molar refractivity (Wildman–Crippen MR) is 50.7 cm³/mol. The third kappa shape index (κ3) is 2.95. The minimum atomic E-state index is 0.0418. The van der Waals surface area contributed by atoms with Crippen LogP contribution < -0.4 is 0 Å². The van der Waals surface area contributed by atoms with Gasteiger partial charge in [-0.1, -0.05) is 0 Å². The lowest BCUT2D eigenvalue weighted by molar-refractivity contribution is -0.0481. The lowest BCUT2D eigenvalue weighted by atomic mass is 9.93. The summed E-state index contributed by atoms with van der Waals surface area (Å²) in [5.74, 6) is 0. The predicted octanol–water partition coefficient (Wildman–Crippen LogP) is -0.978. The van der Waals surface area contributed by atoms with Crippen molar-refractivity contribution < 1.29 is 18.9 Å². The molecule has 1 heterocycles. The Bertz CT molecular complexity index is 144. The Balaban J connectivity index is 2.27. The van der Waals surface area contributed by atoms with Crippen LogP contribution in [0.4, 0.5) is 0 Å².